The molecule has 0 N–H and O–H groups in total. The number of hydrogen-bond acceptors (Lipinski definition) is 6. The SMILES string of the molecule is O=C(C[C@@H](CCc1ccccc1)N1CC([N+](=O)[O-])([N+](=O)[O-])C1)c1ccccc1. The molecule has 146 valence electrons. The van der Waals surface area contributed by atoms with Crippen molar-refractivity contribution in [3.8, 4) is 0 Å². The molecule has 8 heteroatoms. The number of nitrogens with zero attached hydrogens (tertiary/aromatic N) is 3. The van der Waals surface area contributed by atoms with Gasteiger partial charge >= 0.3 is 5.66 Å². The normalized spacial score (nSPS) is 16.7. The number of aryl methyl sites for hydroxylation is 1. The fourth-order valence-electron chi connectivity index (χ4n) is 3.51. The van der Waals surface area contributed by atoms with Crippen LogP contribution < -0.4 is 0 Å². The van der Waals surface area contributed by atoms with Gasteiger partial charge in [-0.15, -0.1) is 0 Å². The lowest BCUT2D eigenvalue weighted by Gasteiger charge is -2.41. The first-order chi connectivity index (χ1) is 13.4. The van der Waals surface area contributed by atoms with E-state index in [1.807, 2.05) is 36.4 Å². The number of ketones is 1. The van der Waals surface area contributed by atoms with Crippen LogP contribution in [-0.2, 0) is 6.42 Å². The zero-order valence-electron chi connectivity index (χ0n) is 15.3. The standard InChI is InChI=1S/C20H21N3O5/c24-19(17-9-5-2-6-10-17)13-18(12-11-16-7-3-1-4-8-16)21-14-20(15-21,22(25)26)23(27)28/h1-10,18H,11-15H2/t18-/m1/s1. The minimum atomic E-state index is -2.17. The van der Waals surface area contributed by atoms with Crippen LogP contribution in [0.2, 0.25) is 0 Å². The average molecular weight is 383 g/mol. The molecule has 2 aromatic rings. The first-order valence-corrected chi connectivity index (χ1v) is 9.07. The van der Waals surface area contributed by atoms with Crippen molar-refractivity contribution in [2.45, 2.75) is 31.0 Å². The van der Waals surface area contributed by atoms with Gasteiger partial charge in [-0.3, -0.25) is 29.9 Å². The summed E-state index contributed by atoms with van der Waals surface area (Å²) in [5.74, 6) is -0.0710. The van der Waals surface area contributed by atoms with E-state index in [4.69, 9.17) is 0 Å². The van der Waals surface area contributed by atoms with Gasteiger partial charge in [0.15, 0.2) is 5.78 Å². The summed E-state index contributed by atoms with van der Waals surface area (Å²) >= 11 is 0. The molecular weight excluding hydrogens is 362 g/mol. The molecule has 0 saturated carbocycles. The van der Waals surface area contributed by atoms with E-state index in [9.17, 15) is 25.0 Å². The van der Waals surface area contributed by atoms with E-state index in [0.717, 1.165) is 5.56 Å². The zero-order chi connectivity index (χ0) is 20.1. The molecule has 0 radical (unpaired) electrons. The quantitative estimate of drug-likeness (QED) is 0.285. The molecule has 1 atom stereocenters. The maximum atomic E-state index is 12.6. The van der Waals surface area contributed by atoms with E-state index < -0.39 is 15.5 Å². The van der Waals surface area contributed by atoms with Crippen LogP contribution in [0.4, 0.5) is 0 Å². The van der Waals surface area contributed by atoms with E-state index in [1.54, 1.807) is 29.2 Å². The van der Waals surface area contributed by atoms with Crippen molar-refractivity contribution in [3.05, 3.63) is 92.0 Å². The van der Waals surface area contributed by atoms with Crippen molar-refractivity contribution in [1.29, 1.82) is 0 Å². The van der Waals surface area contributed by atoms with Gasteiger partial charge in [-0.25, -0.2) is 0 Å². The van der Waals surface area contributed by atoms with E-state index in [2.05, 4.69) is 0 Å². The predicted molar refractivity (Wildman–Crippen MR) is 102 cm³/mol. The Bertz CT molecular complexity index is 835. The molecule has 0 aliphatic carbocycles. The van der Waals surface area contributed by atoms with Crippen LogP contribution in [0.5, 0.6) is 0 Å². The molecular formula is C20H21N3O5. The van der Waals surface area contributed by atoms with Crippen molar-refractivity contribution >= 4 is 5.78 Å². The van der Waals surface area contributed by atoms with Crippen LogP contribution in [-0.4, -0.2) is 45.3 Å². The smallest absolute Gasteiger partial charge is 0.294 e. The Morgan fingerprint density at radius 1 is 0.964 bits per heavy atom. The molecule has 0 spiro atoms. The first-order valence-electron chi connectivity index (χ1n) is 9.07. The third kappa shape index (κ3) is 4.07. The minimum absolute atomic E-state index is 0.0710. The average Bonchev–Trinajstić information content (AvgIpc) is 2.66. The summed E-state index contributed by atoms with van der Waals surface area (Å²) in [5, 5.41) is 22.4. The lowest BCUT2D eigenvalue weighted by molar-refractivity contribution is -0.811. The molecule has 0 unspecified atom stereocenters. The second-order valence-corrected chi connectivity index (χ2v) is 7.07. The topological polar surface area (TPSA) is 107 Å². The fourth-order valence-corrected chi connectivity index (χ4v) is 3.51. The Hall–Kier alpha value is -3.13. The molecule has 1 fully saturated rings. The Morgan fingerprint density at radius 3 is 2.04 bits per heavy atom. The third-order valence-electron chi connectivity index (χ3n) is 5.23. The summed E-state index contributed by atoms with van der Waals surface area (Å²) in [5.41, 5.74) is -0.501. The lowest BCUT2D eigenvalue weighted by atomic mass is 9.91. The van der Waals surface area contributed by atoms with Crippen LogP contribution in [0.1, 0.15) is 28.8 Å². The highest BCUT2D eigenvalue weighted by atomic mass is 16.7. The molecule has 1 aliphatic heterocycles. The van der Waals surface area contributed by atoms with Gasteiger partial charge in [-0.05, 0) is 18.4 Å². The summed E-state index contributed by atoms with van der Waals surface area (Å²) < 4.78 is 0. The molecule has 0 aromatic heterocycles. The second kappa shape index (κ2) is 8.26. The number of rotatable bonds is 9. The molecule has 28 heavy (non-hydrogen) atoms. The molecule has 1 saturated heterocycles. The van der Waals surface area contributed by atoms with Crippen LogP contribution >= 0.6 is 0 Å². The highest BCUT2D eigenvalue weighted by Crippen LogP contribution is 2.30. The van der Waals surface area contributed by atoms with Gasteiger partial charge in [0.25, 0.3) is 0 Å². The number of hydrogen-bond donors (Lipinski definition) is 0. The molecule has 1 aliphatic rings. The van der Waals surface area contributed by atoms with E-state index in [0.29, 0.717) is 18.4 Å². The van der Waals surface area contributed by atoms with Crippen molar-refractivity contribution in [2.24, 2.45) is 0 Å². The number of carbonyl (C=O) groups is 1. The number of Topliss-reactive ketones (excluding diaryl/α,β-unsaturated/α-hetero) is 1. The molecule has 8 nitrogen and oxygen atoms in total. The van der Waals surface area contributed by atoms with E-state index in [-0.39, 0.29) is 31.3 Å². The Morgan fingerprint density at radius 2 is 1.50 bits per heavy atom. The van der Waals surface area contributed by atoms with E-state index in [1.165, 1.54) is 0 Å². The van der Waals surface area contributed by atoms with Crippen molar-refractivity contribution in [1.82, 2.24) is 4.90 Å². The predicted octanol–water partition coefficient (Wildman–Crippen LogP) is 2.83. The van der Waals surface area contributed by atoms with E-state index >= 15 is 0 Å². The summed E-state index contributed by atoms with van der Waals surface area (Å²) in [7, 11) is 0. The first kappa shape index (κ1) is 19.6. The fraction of sp³-hybridized carbons (Fsp3) is 0.350. The highest BCUT2D eigenvalue weighted by molar-refractivity contribution is 5.96. The van der Waals surface area contributed by atoms with Gasteiger partial charge < -0.3 is 0 Å². The highest BCUT2D eigenvalue weighted by Gasteiger charge is 2.67. The number of carbonyl (C=O) groups excluding carboxylic acids is 1. The summed E-state index contributed by atoms with van der Waals surface area (Å²) in [6.07, 6.45) is 1.45. The maximum absolute atomic E-state index is 12.6. The monoisotopic (exact) mass is 383 g/mol. The van der Waals surface area contributed by atoms with Crippen LogP contribution in [0.15, 0.2) is 60.7 Å². The summed E-state index contributed by atoms with van der Waals surface area (Å²) in [6, 6.07) is 18.3. The number of benzene rings is 2. The summed E-state index contributed by atoms with van der Waals surface area (Å²) in [4.78, 5) is 35.1. The van der Waals surface area contributed by atoms with Gasteiger partial charge in [-0.2, -0.15) is 0 Å². The molecule has 1 heterocycles. The van der Waals surface area contributed by atoms with Gasteiger partial charge in [0.2, 0.25) is 0 Å². The Labute approximate surface area is 162 Å². The van der Waals surface area contributed by atoms with Crippen molar-refractivity contribution < 1.29 is 14.6 Å². The Balaban J connectivity index is 1.72. The van der Waals surface area contributed by atoms with Gasteiger partial charge in [0, 0.05) is 18.0 Å². The number of likely N-dealkylation sites (tertiary alicyclic amines) is 1. The zero-order valence-corrected chi connectivity index (χ0v) is 15.3. The molecule has 3 rings (SSSR count). The minimum Gasteiger partial charge on any atom is -0.294 e. The number of nitro groups is 2. The van der Waals surface area contributed by atoms with Gasteiger partial charge in [-0.1, -0.05) is 60.7 Å². The van der Waals surface area contributed by atoms with Crippen LogP contribution in [0.25, 0.3) is 0 Å². The van der Waals surface area contributed by atoms with Crippen molar-refractivity contribution in [3.63, 3.8) is 0 Å². The van der Waals surface area contributed by atoms with Crippen LogP contribution in [0.3, 0.4) is 0 Å². The third-order valence-corrected chi connectivity index (χ3v) is 5.23. The largest absolute Gasteiger partial charge is 0.482 e. The Kier molecular flexibility index (Phi) is 5.79. The second-order valence-electron chi connectivity index (χ2n) is 7.07. The van der Waals surface area contributed by atoms with Gasteiger partial charge in [0.1, 0.15) is 22.9 Å². The van der Waals surface area contributed by atoms with Crippen LogP contribution in [0, 0.1) is 20.2 Å². The molecule has 2 aromatic carbocycles. The lowest BCUT2D eigenvalue weighted by Crippen LogP contribution is -2.72. The van der Waals surface area contributed by atoms with Gasteiger partial charge in [0.05, 0.1) is 0 Å². The molecule has 0 amide bonds. The summed E-state index contributed by atoms with van der Waals surface area (Å²) in [6.45, 7) is -0.566. The maximum Gasteiger partial charge on any atom is 0.482 e. The van der Waals surface area contributed by atoms with Crippen molar-refractivity contribution in [2.75, 3.05) is 13.1 Å². The molecule has 0 bridgehead atoms.